The highest BCUT2D eigenvalue weighted by atomic mass is 32.2. The van der Waals surface area contributed by atoms with Gasteiger partial charge in [-0.1, -0.05) is 31.0 Å². The zero-order valence-electron chi connectivity index (χ0n) is 19.5. The van der Waals surface area contributed by atoms with Gasteiger partial charge in [-0.05, 0) is 37.3 Å². The summed E-state index contributed by atoms with van der Waals surface area (Å²) < 4.78 is 34.2. The molecule has 3 unspecified atom stereocenters. The van der Waals surface area contributed by atoms with Gasteiger partial charge in [0.1, 0.15) is 6.04 Å². The molecule has 4 aliphatic rings. The largest absolute Gasteiger partial charge is 0.379 e. The number of benzene rings is 1. The van der Waals surface area contributed by atoms with Gasteiger partial charge in [0.05, 0.1) is 13.2 Å². The Kier molecular flexibility index (Phi) is 6.92. The van der Waals surface area contributed by atoms with Crippen molar-refractivity contribution in [3.8, 4) is 0 Å². The number of morpholine rings is 1. The van der Waals surface area contributed by atoms with Crippen LogP contribution in [-0.2, 0) is 19.7 Å². The van der Waals surface area contributed by atoms with E-state index in [0.717, 1.165) is 25.7 Å². The molecule has 9 nitrogen and oxygen atoms in total. The highest BCUT2D eigenvalue weighted by Gasteiger charge is 2.49. The molecule has 3 atom stereocenters. The topological polar surface area (TPSA) is 90.5 Å². The van der Waals surface area contributed by atoms with Gasteiger partial charge < -0.3 is 14.5 Å². The minimum Gasteiger partial charge on any atom is -0.379 e. The van der Waals surface area contributed by atoms with Crippen molar-refractivity contribution >= 4 is 22.0 Å². The fourth-order valence-electron chi connectivity index (χ4n) is 5.99. The van der Waals surface area contributed by atoms with Gasteiger partial charge in [0.25, 0.3) is 16.1 Å². The Morgan fingerprint density at radius 2 is 1.50 bits per heavy atom. The van der Waals surface area contributed by atoms with E-state index < -0.39 is 16.3 Å². The number of rotatable bonds is 4. The van der Waals surface area contributed by atoms with E-state index in [1.54, 1.807) is 4.90 Å². The standard InChI is InChI=1S/C24H34N4O5S/c29-23(19-6-2-1-3-7-19)28-21-9-5-4-8-20(21)18-22(28)24(30)25-10-12-26(13-11-25)34(31,32)27-14-16-33-17-15-27/h1-3,6-7,20-22H,4-5,8-18H2. The predicted molar refractivity (Wildman–Crippen MR) is 126 cm³/mol. The molecule has 3 heterocycles. The van der Waals surface area contributed by atoms with Crippen molar-refractivity contribution in [2.24, 2.45) is 5.92 Å². The number of fused-ring (bicyclic) bond motifs is 1. The molecule has 1 aromatic rings. The molecule has 0 aromatic heterocycles. The number of carbonyl (C=O) groups excluding carboxylic acids is 2. The highest BCUT2D eigenvalue weighted by Crippen LogP contribution is 2.41. The van der Waals surface area contributed by atoms with E-state index in [0.29, 0.717) is 57.3 Å². The van der Waals surface area contributed by atoms with Gasteiger partial charge in [-0.15, -0.1) is 0 Å². The first-order valence-corrected chi connectivity index (χ1v) is 13.9. The SMILES string of the molecule is O=C(C1CC2CCCCC2N1C(=O)c1ccccc1)N1CCN(S(=O)(=O)N2CCOCC2)CC1. The fraction of sp³-hybridized carbons (Fsp3) is 0.667. The minimum absolute atomic E-state index is 0.0397. The van der Waals surface area contributed by atoms with E-state index in [-0.39, 0.29) is 30.9 Å². The van der Waals surface area contributed by atoms with Crippen LogP contribution in [0.3, 0.4) is 0 Å². The van der Waals surface area contributed by atoms with Gasteiger partial charge in [0.2, 0.25) is 5.91 Å². The van der Waals surface area contributed by atoms with Crippen molar-refractivity contribution in [3.63, 3.8) is 0 Å². The Morgan fingerprint density at radius 3 is 2.21 bits per heavy atom. The van der Waals surface area contributed by atoms with Gasteiger partial charge in [-0.3, -0.25) is 9.59 Å². The van der Waals surface area contributed by atoms with E-state index in [2.05, 4.69) is 0 Å². The molecule has 2 amide bonds. The molecule has 0 spiro atoms. The molecule has 34 heavy (non-hydrogen) atoms. The average Bonchev–Trinajstić information content (AvgIpc) is 3.28. The number of hydrogen-bond donors (Lipinski definition) is 0. The van der Waals surface area contributed by atoms with Gasteiger partial charge in [0, 0.05) is 50.9 Å². The van der Waals surface area contributed by atoms with Crippen LogP contribution in [0, 0.1) is 5.92 Å². The van der Waals surface area contributed by atoms with E-state index in [9.17, 15) is 18.0 Å². The van der Waals surface area contributed by atoms with E-state index in [1.165, 1.54) is 8.61 Å². The summed E-state index contributed by atoms with van der Waals surface area (Å²) in [5.74, 6) is 0.252. The van der Waals surface area contributed by atoms with Crippen LogP contribution < -0.4 is 0 Å². The van der Waals surface area contributed by atoms with Crippen LogP contribution in [0.1, 0.15) is 42.5 Å². The second-order valence-electron chi connectivity index (χ2n) is 9.69. The molecule has 3 saturated heterocycles. The third kappa shape index (κ3) is 4.48. The lowest BCUT2D eigenvalue weighted by atomic mass is 9.84. The molecule has 10 heteroatoms. The van der Waals surface area contributed by atoms with Crippen molar-refractivity contribution in [3.05, 3.63) is 35.9 Å². The lowest BCUT2D eigenvalue weighted by Crippen LogP contribution is -2.58. The Balaban J connectivity index is 1.29. The molecule has 1 aliphatic carbocycles. The molecule has 3 aliphatic heterocycles. The molecule has 0 N–H and O–H groups in total. The van der Waals surface area contributed by atoms with E-state index >= 15 is 0 Å². The maximum Gasteiger partial charge on any atom is 0.282 e. The van der Waals surface area contributed by atoms with Crippen molar-refractivity contribution in [2.75, 3.05) is 52.5 Å². The van der Waals surface area contributed by atoms with Crippen LogP contribution >= 0.6 is 0 Å². The summed E-state index contributed by atoms with van der Waals surface area (Å²) in [5, 5.41) is 0. The van der Waals surface area contributed by atoms with Gasteiger partial charge in [0.15, 0.2) is 0 Å². The Morgan fingerprint density at radius 1 is 0.853 bits per heavy atom. The number of hydrogen-bond acceptors (Lipinski definition) is 5. The molecular weight excluding hydrogens is 456 g/mol. The third-order valence-corrected chi connectivity index (χ3v) is 9.84. The van der Waals surface area contributed by atoms with Crippen LogP contribution in [0.15, 0.2) is 30.3 Å². The quantitative estimate of drug-likeness (QED) is 0.632. The van der Waals surface area contributed by atoms with Crippen molar-refractivity contribution in [1.29, 1.82) is 0 Å². The molecule has 4 fully saturated rings. The summed E-state index contributed by atoms with van der Waals surface area (Å²) in [7, 11) is -3.55. The smallest absolute Gasteiger partial charge is 0.282 e. The lowest BCUT2D eigenvalue weighted by Gasteiger charge is -2.39. The molecule has 1 saturated carbocycles. The number of piperazine rings is 1. The molecule has 186 valence electrons. The monoisotopic (exact) mass is 490 g/mol. The first-order valence-electron chi connectivity index (χ1n) is 12.5. The number of ether oxygens (including phenoxy) is 1. The first kappa shape index (κ1) is 23.7. The Labute approximate surface area is 201 Å². The van der Waals surface area contributed by atoms with Crippen LogP contribution in [-0.4, -0.2) is 103 Å². The summed E-state index contributed by atoms with van der Waals surface area (Å²) in [6.07, 6.45) is 4.93. The van der Waals surface area contributed by atoms with Crippen LogP contribution in [0.25, 0.3) is 0 Å². The predicted octanol–water partition coefficient (Wildman–Crippen LogP) is 1.18. The number of likely N-dealkylation sites (tertiary alicyclic amines) is 1. The third-order valence-electron chi connectivity index (χ3n) is 7.80. The normalized spacial score (nSPS) is 29.1. The second kappa shape index (κ2) is 9.93. The highest BCUT2D eigenvalue weighted by molar-refractivity contribution is 7.86. The molecule has 0 radical (unpaired) electrons. The second-order valence-corrected chi connectivity index (χ2v) is 11.6. The van der Waals surface area contributed by atoms with E-state index in [4.69, 9.17) is 4.74 Å². The summed E-state index contributed by atoms with van der Waals surface area (Å²) in [6.45, 7) is 2.80. The molecule has 5 rings (SSSR count). The maximum atomic E-state index is 13.7. The van der Waals surface area contributed by atoms with E-state index in [1.807, 2.05) is 35.2 Å². The lowest BCUT2D eigenvalue weighted by molar-refractivity contribution is -0.136. The minimum atomic E-state index is -3.55. The summed E-state index contributed by atoms with van der Waals surface area (Å²) in [4.78, 5) is 30.8. The zero-order chi connectivity index (χ0) is 23.7. The van der Waals surface area contributed by atoms with Gasteiger partial charge in [-0.2, -0.15) is 17.0 Å². The van der Waals surface area contributed by atoms with Gasteiger partial charge >= 0.3 is 0 Å². The van der Waals surface area contributed by atoms with Crippen LogP contribution in [0.5, 0.6) is 0 Å². The number of amides is 2. The average molecular weight is 491 g/mol. The van der Waals surface area contributed by atoms with Crippen molar-refractivity contribution in [2.45, 2.75) is 44.2 Å². The zero-order valence-corrected chi connectivity index (χ0v) is 20.4. The summed E-state index contributed by atoms with van der Waals surface area (Å²) in [6, 6.07) is 8.86. The van der Waals surface area contributed by atoms with Crippen LogP contribution in [0.2, 0.25) is 0 Å². The first-order chi connectivity index (χ1) is 16.5. The molecule has 1 aromatic carbocycles. The fourth-order valence-corrected chi connectivity index (χ4v) is 7.55. The Hall–Kier alpha value is -2.01. The van der Waals surface area contributed by atoms with Gasteiger partial charge in [-0.25, -0.2) is 0 Å². The summed E-state index contributed by atoms with van der Waals surface area (Å²) in [5.41, 5.74) is 0.618. The van der Waals surface area contributed by atoms with Crippen LogP contribution in [0.4, 0.5) is 0 Å². The number of carbonyl (C=O) groups is 2. The van der Waals surface area contributed by atoms with Crippen molar-refractivity contribution in [1.82, 2.24) is 18.4 Å². The molecular formula is C24H34N4O5S. The van der Waals surface area contributed by atoms with Crippen molar-refractivity contribution < 1.29 is 22.7 Å². The number of nitrogens with zero attached hydrogens (tertiary/aromatic N) is 4. The molecule has 0 bridgehead atoms. The maximum absolute atomic E-state index is 13.7. The summed E-state index contributed by atoms with van der Waals surface area (Å²) >= 11 is 0. The Bertz CT molecular complexity index is 990.